The van der Waals surface area contributed by atoms with Crippen LogP contribution in [0.25, 0.3) is 11.0 Å². The molecule has 0 saturated carbocycles. The molecule has 9 heteroatoms. The predicted molar refractivity (Wildman–Crippen MR) is 155 cm³/mol. The van der Waals surface area contributed by atoms with E-state index in [2.05, 4.69) is 52.2 Å². The molecule has 6 rings (SSSR count). The van der Waals surface area contributed by atoms with E-state index < -0.39 is 0 Å². The number of hydrogen-bond donors (Lipinski definition) is 0. The molecule has 2 unspecified atom stereocenters. The fourth-order valence-corrected chi connectivity index (χ4v) is 6.49. The van der Waals surface area contributed by atoms with Crippen LogP contribution in [-0.2, 0) is 29.5 Å². The summed E-state index contributed by atoms with van der Waals surface area (Å²) in [4.78, 5) is 19.8. The van der Waals surface area contributed by atoms with Gasteiger partial charge in [-0.1, -0.05) is 23.4 Å². The summed E-state index contributed by atoms with van der Waals surface area (Å²) in [5.41, 5.74) is 6.99. The molecule has 1 aliphatic carbocycles. The second-order valence-corrected chi connectivity index (χ2v) is 11.6. The minimum Gasteiger partial charge on any atom is -0.494 e. The Labute approximate surface area is 240 Å². The maximum Gasteiger partial charge on any atom is 0.306 e. The molecule has 3 heterocycles. The zero-order valence-corrected chi connectivity index (χ0v) is 24.4. The van der Waals surface area contributed by atoms with Gasteiger partial charge < -0.3 is 14.2 Å². The first kappa shape index (κ1) is 27.2. The number of pyridine rings is 1. The SMILES string of the molecule is CCOC(=O)CC(c1ccc2c(c1)C(N1Cc3cnccc3OC(C)(C)C1)CC2)c1cc(OC)c2c(c1)nnn2C. The number of carbonyl (C=O) groups excluding carboxylic acids is 1. The van der Waals surface area contributed by atoms with Gasteiger partial charge in [0, 0.05) is 50.1 Å². The second-order valence-electron chi connectivity index (χ2n) is 11.6. The molecular formula is C32H37N5O4. The zero-order valence-electron chi connectivity index (χ0n) is 24.4. The van der Waals surface area contributed by atoms with E-state index in [1.165, 1.54) is 11.1 Å². The largest absolute Gasteiger partial charge is 0.494 e. The number of aromatic nitrogens is 4. The zero-order chi connectivity index (χ0) is 28.7. The summed E-state index contributed by atoms with van der Waals surface area (Å²) < 4.78 is 19.3. The molecule has 9 nitrogen and oxygen atoms in total. The Morgan fingerprint density at radius 2 is 2.02 bits per heavy atom. The van der Waals surface area contributed by atoms with Gasteiger partial charge in [0.25, 0.3) is 0 Å². The quantitative estimate of drug-likeness (QED) is 0.290. The molecule has 4 aromatic rings. The molecule has 0 spiro atoms. The highest BCUT2D eigenvalue weighted by molar-refractivity contribution is 5.83. The number of fused-ring (bicyclic) bond motifs is 3. The standard InChI is InChI=1S/C32H37N5O4/c1-6-40-30(38)16-24(22-14-26-31(29(15-22)39-5)36(4)35-34-26)21-8-7-20-9-10-27(25(20)13-21)37-18-23-17-33-12-11-28(23)41-32(2,3)19-37/h7-8,11-15,17,24,27H,6,9-10,16,18-19H2,1-5H3. The van der Waals surface area contributed by atoms with Gasteiger partial charge in [0.15, 0.2) is 0 Å². The Morgan fingerprint density at radius 1 is 1.17 bits per heavy atom. The van der Waals surface area contributed by atoms with Gasteiger partial charge in [0.05, 0.1) is 20.1 Å². The van der Waals surface area contributed by atoms with Crippen molar-refractivity contribution in [2.75, 3.05) is 20.3 Å². The molecule has 2 atom stereocenters. The molecule has 214 valence electrons. The molecule has 2 aromatic carbocycles. The van der Waals surface area contributed by atoms with E-state index in [9.17, 15) is 4.79 Å². The van der Waals surface area contributed by atoms with Crippen LogP contribution in [0.3, 0.4) is 0 Å². The van der Waals surface area contributed by atoms with Gasteiger partial charge in [-0.15, -0.1) is 5.10 Å². The van der Waals surface area contributed by atoms with Crippen molar-refractivity contribution in [1.82, 2.24) is 24.9 Å². The molecule has 1 aliphatic heterocycles. The van der Waals surface area contributed by atoms with Crippen LogP contribution in [0.2, 0.25) is 0 Å². The smallest absolute Gasteiger partial charge is 0.306 e. The number of rotatable bonds is 7. The minimum atomic E-state index is -0.345. The van der Waals surface area contributed by atoms with Crippen LogP contribution in [0, 0.1) is 0 Å². The lowest BCUT2D eigenvalue weighted by Gasteiger charge is -2.34. The van der Waals surface area contributed by atoms with Gasteiger partial charge in [0.1, 0.15) is 28.1 Å². The van der Waals surface area contributed by atoms with Crippen LogP contribution in [0.15, 0.2) is 48.8 Å². The lowest BCUT2D eigenvalue weighted by molar-refractivity contribution is -0.143. The Bertz CT molecular complexity index is 1600. The van der Waals surface area contributed by atoms with Gasteiger partial charge in [-0.25, -0.2) is 4.68 Å². The van der Waals surface area contributed by atoms with Crippen molar-refractivity contribution < 1.29 is 19.0 Å². The fourth-order valence-electron chi connectivity index (χ4n) is 6.49. The van der Waals surface area contributed by atoms with Crippen LogP contribution in [0.5, 0.6) is 11.5 Å². The Hall–Kier alpha value is -3.98. The average molecular weight is 556 g/mol. The van der Waals surface area contributed by atoms with E-state index in [4.69, 9.17) is 14.2 Å². The van der Waals surface area contributed by atoms with E-state index in [1.807, 2.05) is 38.4 Å². The van der Waals surface area contributed by atoms with Crippen LogP contribution in [-0.4, -0.2) is 56.7 Å². The third kappa shape index (κ3) is 5.26. The fraction of sp³-hybridized carbons (Fsp3) is 0.438. The highest BCUT2D eigenvalue weighted by atomic mass is 16.5. The molecule has 0 fully saturated rings. The number of aryl methyl sites for hydroxylation is 2. The van der Waals surface area contributed by atoms with E-state index in [0.29, 0.717) is 12.4 Å². The van der Waals surface area contributed by atoms with Gasteiger partial charge in [0.2, 0.25) is 0 Å². The van der Waals surface area contributed by atoms with Crippen molar-refractivity contribution in [3.05, 3.63) is 76.6 Å². The van der Waals surface area contributed by atoms with E-state index in [1.54, 1.807) is 18.0 Å². The van der Waals surface area contributed by atoms with Crippen molar-refractivity contribution in [3.8, 4) is 11.5 Å². The van der Waals surface area contributed by atoms with E-state index >= 15 is 0 Å². The van der Waals surface area contributed by atoms with Gasteiger partial charge in [-0.2, -0.15) is 0 Å². The molecule has 0 amide bonds. The first-order valence-electron chi connectivity index (χ1n) is 14.3. The van der Waals surface area contributed by atoms with Crippen molar-refractivity contribution in [2.45, 2.75) is 64.1 Å². The third-order valence-electron chi connectivity index (χ3n) is 8.25. The topological polar surface area (TPSA) is 91.6 Å². The monoisotopic (exact) mass is 555 g/mol. The second kappa shape index (κ2) is 10.8. The first-order chi connectivity index (χ1) is 19.8. The highest BCUT2D eigenvalue weighted by Gasteiger charge is 2.36. The van der Waals surface area contributed by atoms with Crippen LogP contribution < -0.4 is 9.47 Å². The van der Waals surface area contributed by atoms with Crippen molar-refractivity contribution in [2.24, 2.45) is 7.05 Å². The third-order valence-corrected chi connectivity index (χ3v) is 8.25. The van der Waals surface area contributed by atoms with E-state index in [-0.39, 0.29) is 30.0 Å². The maximum absolute atomic E-state index is 12.9. The summed E-state index contributed by atoms with van der Waals surface area (Å²) in [5, 5.41) is 8.53. The van der Waals surface area contributed by atoms with Gasteiger partial charge in [-0.05, 0) is 74.1 Å². The number of benzene rings is 2. The first-order valence-corrected chi connectivity index (χ1v) is 14.3. The Balaban J connectivity index is 1.40. The molecule has 0 N–H and O–H groups in total. The Morgan fingerprint density at radius 3 is 2.83 bits per heavy atom. The number of methoxy groups -OCH3 is 1. The highest BCUT2D eigenvalue weighted by Crippen LogP contribution is 2.43. The van der Waals surface area contributed by atoms with Gasteiger partial charge in [-0.3, -0.25) is 14.7 Å². The van der Waals surface area contributed by atoms with Crippen LogP contribution in [0.4, 0.5) is 0 Å². The number of nitrogens with zero attached hydrogens (tertiary/aromatic N) is 5. The van der Waals surface area contributed by atoms with Crippen molar-refractivity contribution >= 4 is 17.0 Å². The van der Waals surface area contributed by atoms with Crippen molar-refractivity contribution in [1.29, 1.82) is 0 Å². The number of carbonyl (C=O) groups is 1. The summed E-state index contributed by atoms with van der Waals surface area (Å²) in [6.07, 6.45) is 5.97. The summed E-state index contributed by atoms with van der Waals surface area (Å²) in [5.74, 6) is 1.12. The number of ether oxygens (including phenoxy) is 3. The van der Waals surface area contributed by atoms with Crippen LogP contribution >= 0.6 is 0 Å². The Kier molecular flexibility index (Phi) is 7.15. The lowest BCUT2D eigenvalue weighted by Crippen LogP contribution is -2.41. The molecular weight excluding hydrogens is 518 g/mol. The predicted octanol–water partition coefficient (Wildman–Crippen LogP) is 5.12. The lowest BCUT2D eigenvalue weighted by atomic mass is 9.86. The number of hydrogen-bond acceptors (Lipinski definition) is 8. The van der Waals surface area contributed by atoms with Gasteiger partial charge >= 0.3 is 5.97 Å². The molecule has 0 bridgehead atoms. The normalized spacial score (nSPS) is 18.7. The molecule has 2 aliphatic rings. The number of esters is 1. The minimum absolute atomic E-state index is 0.218. The van der Waals surface area contributed by atoms with Crippen molar-refractivity contribution in [3.63, 3.8) is 0 Å². The molecule has 41 heavy (non-hydrogen) atoms. The molecule has 2 aromatic heterocycles. The summed E-state index contributed by atoms with van der Waals surface area (Å²) >= 11 is 0. The average Bonchev–Trinajstić information content (AvgIpc) is 3.51. The summed E-state index contributed by atoms with van der Waals surface area (Å²) in [6, 6.07) is 12.9. The summed E-state index contributed by atoms with van der Waals surface area (Å²) in [6.45, 7) is 8.03. The van der Waals surface area contributed by atoms with E-state index in [0.717, 1.165) is 59.4 Å². The van der Waals surface area contributed by atoms with Crippen LogP contribution in [0.1, 0.15) is 73.4 Å². The summed E-state index contributed by atoms with van der Waals surface area (Å²) in [7, 11) is 3.49. The molecule has 0 saturated heterocycles. The maximum atomic E-state index is 12.9. The molecule has 0 radical (unpaired) electrons.